The second-order valence-corrected chi connectivity index (χ2v) is 20.6. The number of benzene rings is 2. The fourth-order valence-electron chi connectivity index (χ4n) is 7.85. The van der Waals surface area contributed by atoms with Crippen LogP contribution in [-0.2, 0) is 54.5 Å². The number of carbonyl (C=O) groups is 4. The monoisotopic (exact) mass is 852 g/mol. The lowest BCUT2D eigenvalue weighted by atomic mass is 9.85. The first-order valence-electron chi connectivity index (χ1n) is 21.7. The minimum atomic E-state index is -0.668. The molecule has 2 heterocycles. The Morgan fingerprint density at radius 2 is 0.869 bits per heavy atom. The van der Waals surface area contributed by atoms with Gasteiger partial charge in [-0.25, -0.2) is 9.59 Å². The van der Waals surface area contributed by atoms with Gasteiger partial charge < -0.3 is 43.5 Å². The Kier molecular flexibility index (Phi) is 16.2. The zero-order valence-corrected chi connectivity index (χ0v) is 39.3. The van der Waals surface area contributed by atoms with Crippen molar-refractivity contribution < 1.29 is 47.6 Å². The summed E-state index contributed by atoms with van der Waals surface area (Å²) in [6, 6.07) is 12.0. The van der Waals surface area contributed by atoms with E-state index in [-0.39, 0.29) is 36.0 Å². The van der Waals surface area contributed by atoms with Gasteiger partial charge in [-0.2, -0.15) is 0 Å². The number of rotatable bonds is 14. The van der Waals surface area contributed by atoms with Crippen LogP contribution in [0.3, 0.4) is 0 Å². The molecule has 2 fully saturated rings. The van der Waals surface area contributed by atoms with Crippen LogP contribution < -0.4 is 14.8 Å². The summed E-state index contributed by atoms with van der Waals surface area (Å²) in [4.78, 5) is 56.8. The zero-order chi connectivity index (χ0) is 45.5. The maximum Gasteiger partial charge on any atom is 0.410 e. The summed E-state index contributed by atoms with van der Waals surface area (Å²) in [6.45, 7) is 25.1. The Morgan fingerprint density at radius 1 is 0.541 bits per heavy atom. The van der Waals surface area contributed by atoms with E-state index in [9.17, 15) is 19.2 Å². The van der Waals surface area contributed by atoms with Crippen molar-refractivity contribution >= 4 is 24.1 Å². The Bertz CT molecular complexity index is 1700. The first kappa shape index (κ1) is 49.1. The van der Waals surface area contributed by atoms with E-state index in [1.165, 1.54) is 0 Å². The molecule has 0 unspecified atom stereocenters. The number of esters is 2. The molecule has 4 atom stereocenters. The van der Waals surface area contributed by atoms with Crippen molar-refractivity contribution in [3.63, 3.8) is 0 Å². The molecule has 61 heavy (non-hydrogen) atoms. The summed E-state index contributed by atoms with van der Waals surface area (Å²) in [5.74, 6) is -0.409. The van der Waals surface area contributed by atoms with Crippen LogP contribution in [0.2, 0.25) is 0 Å². The lowest BCUT2D eigenvalue weighted by Crippen LogP contribution is -2.38. The van der Waals surface area contributed by atoms with Crippen LogP contribution in [0.4, 0.5) is 9.59 Å². The van der Waals surface area contributed by atoms with E-state index in [0.717, 1.165) is 22.3 Å². The van der Waals surface area contributed by atoms with Crippen molar-refractivity contribution in [3.8, 4) is 11.5 Å². The largest absolute Gasteiger partial charge is 0.497 e. The van der Waals surface area contributed by atoms with E-state index < -0.39 is 34.2 Å². The second-order valence-electron chi connectivity index (χ2n) is 20.6. The van der Waals surface area contributed by atoms with Gasteiger partial charge in [0.25, 0.3) is 0 Å². The molecule has 0 spiro atoms. The molecule has 0 saturated carbocycles. The number of ether oxygens (including phenoxy) is 6. The van der Waals surface area contributed by atoms with Crippen LogP contribution in [0.25, 0.3) is 0 Å². The number of methoxy groups -OCH3 is 2. The van der Waals surface area contributed by atoms with Gasteiger partial charge in [0.1, 0.15) is 33.9 Å². The summed E-state index contributed by atoms with van der Waals surface area (Å²) in [5.41, 5.74) is 1.23. The molecule has 13 nitrogen and oxygen atoms in total. The lowest BCUT2D eigenvalue weighted by molar-refractivity contribution is -0.163. The van der Waals surface area contributed by atoms with Gasteiger partial charge in [-0.05, 0) is 167 Å². The fraction of sp³-hybridized carbons (Fsp3) is 0.667. The van der Waals surface area contributed by atoms with Gasteiger partial charge in [-0.15, -0.1) is 0 Å². The molecular weight excluding hydrogens is 779 g/mol. The number of hydrogen-bond acceptors (Lipinski definition) is 11. The number of nitrogens with zero attached hydrogens (tertiary/aromatic N) is 2. The molecule has 340 valence electrons. The molecule has 13 heteroatoms. The number of hydrogen-bond donors (Lipinski definition) is 1. The molecule has 0 bridgehead atoms. The number of amides is 2. The van der Waals surface area contributed by atoms with Gasteiger partial charge >= 0.3 is 24.1 Å². The first-order valence-corrected chi connectivity index (χ1v) is 21.7. The molecule has 2 aromatic carbocycles. The van der Waals surface area contributed by atoms with E-state index in [2.05, 4.69) is 17.4 Å². The Labute approximate surface area is 364 Å². The highest BCUT2D eigenvalue weighted by molar-refractivity contribution is 5.75. The molecular formula is C48H73N3O10. The fourth-order valence-corrected chi connectivity index (χ4v) is 7.85. The maximum absolute atomic E-state index is 13.8. The highest BCUT2D eigenvalue weighted by Crippen LogP contribution is 2.34. The SMILES string of the molecule is COc1cc(CNCc2cc(C[C@H](C(=O)OC(C)(C)C)[C@H]3CCN(C(=O)OC(C)(C)C)C3)cc(OC)c2)cc(C[C@H](C(=O)OC(C)(C)C)[C@H]2CCN(C(=O)OC(C)(C)C)C2)c1. The maximum atomic E-state index is 13.8. The third kappa shape index (κ3) is 16.0. The summed E-state index contributed by atoms with van der Waals surface area (Å²) in [7, 11) is 3.25. The molecule has 2 aliphatic rings. The minimum Gasteiger partial charge on any atom is -0.497 e. The lowest BCUT2D eigenvalue weighted by Gasteiger charge is -2.28. The molecule has 0 radical (unpaired) electrons. The molecule has 0 aromatic heterocycles. The van der Waals surface area contributed by atoms with Gasteiger partial charge in [0, 0.05) is 39.3 Å². The smallest absolute Gasteiger partial charge is 0.410 e. The highest BCUT2D eigenvalue weighted by Gasteiger charge is 2.41. The summed E-state index contributed by atoms with van der Waals surface area (Å²) < 4.78 is 34.6. The van der Waals surface area contributed by atoms with Crippen molar-refractivity contribution in [2.24, 2.45) is 23.7 Å². The third-order valence-corrected chi connectivity index (χ3v) is 10.4. The molecule has 0 aliphatic carbocycles. The Hall–Kier alpha value is -4.52. The molecule has 2 aromatic rings. The van der Waals surface area contributed by atoms with Crippen LogP contribution in [-0.4, -0.2) is 96.7 Å². The standard InChI is InChI=1S/C48H73N3O10/c1-45(2,3)58-41(52)39(35-15-17-50(29-35)43(54)60-47(7,8)9)25-31-19-33(23-37(21-31)56-13)27-49-28-34-20-32(22-38(24-34)57-14)26-40(42(53)59-46(4,5)6)36-16-18-51(30-36)44(55)61-48(10,11)12/h19-24,35-36,39-40,49H,15-18,25-30H2,1-14H3/t35-,36-,39-,40-/m0/s1. The average molecular weight is 852 g/mol. The van der Waals surface area contributed by atoms with Crippen molar-refractivity contribution in [3.05, 3.63) is 58.7 Å². The van der Waals surface area contributed by atoms with Crippen molar-refractivity contribution in [2.45, 2.75) is 144 Å². The highest BCUT2D eigenvalue weighted by atomic mass is 16.6. The van der Waals surface area contributed by atoms with Crippen LogP contribution in [0.5, 0.6) is 11.5 Å². The van der Waals surface area contributed by atoms with E-state index in [4.69, 9.17) is 28.4 Å². The molecule has 4 rings (SSSR count). The summed E-state index contributed by atoms with van der Waals surface area (Å²) in [5, 5.41) is 3.56. The Morgan fingerprint density at radius 3 is 1.18 bits per heavy atom. The van der Waals surface area contributed by atoms with Crippen molar-refractivity contribution in [2.75, 3.05) is 40.4 Å². The number of nitrogens with one attached hydrogen (secondary N) is 1. The van der Waals surface area contributed by atoms with Gasteiger partial charge in [-0.1, -0.05) is 12.1 Å². The van der Waals surface area contributed by atoms with Crippen molar-refractivity contribution in [1.29, 1.82) is 0 Å². The predicted octanol–water partition coefficient (Wildman–Crippen LogP) is 8.51. The van der Waals surface area contributed by atoms with Crippen molar-refractivity contribution in [1.82, 2.24) is 15.1 Å². The molecule has 2 saturated heterocycles. The van der Waals surface area contributed by atoms with Gasteiger partial charge in [0.05, 0.1) is 26.1 Å². The first-order chi connectivity index (χ1) is 28.2. The summed E-state index contributed by atoms with van der Waals surface area (Å²) >= 11 is 0. The Balaban J connectivity index is 1.50. The van der Waals surface area contributed by atoms with E-state index in [0.29, 0.717) is 76.5 Å². The molecule has 1 N–H and O–H groups in total. The van der Waals surface area contributed by atoms with Crippen LogP contribution in [0, 0.1) is 23.7 Å². The van der Waals surface area contributed by atoms with E-state index in [1.54, 1.807) is 24.0 Å². The van der Waals surface area contributed by atoms with Crippen LogP contribution in [0.1, 0.15) is 118 Å². The second kappa shape index (κ2) is 20.1. The average Bonchev–Trinajstić information content (AvgIpc) is 3.81. The predicted molar refractivity (Wildman–Crippen MR) is 234 cm³/mol. The molecule has 2 amide bonds. The van der Waals surface area contributed by atoms with E-state index >= 15 is 0 Å². The summed E-state index contributed by atoms with van der Waals surface area (Å²) in [6.07, 6.45) is 1.40. The quantitative estimate of drug-likeness (QED) is 0.144. The number of likely N-dealkylation sites (tertiary alicyclic amines) is 2. The third-order valence-electron chi connectivity index (χ3n) is 10.4. The molecule has 2 aliphatic heterocycles. The van der Waals surface area contributed by atoms with Gasteiger partial charge in [0.2, 0.25) is 0 Å². The topological polar surface area (TPSA) is 142 Å². The normalized spacial score (nSPS) is 18.3. The van der Waals surface area contributed by atoms with Gasteiger partial charge in [0.15, 0.2) is 0 Å². The van der Waals surface area contributed by atoms with Crippen LogP contribution in [0.15, 0.2) is 36.4 Å². The van der Waals surface area contributed by atoms with Crippen LogP contribution >= 0.6 is 0 Å². The van der Waals surface area contributed by atoms with E-state index in [1.807, 2.05) is 107 Å². The minimum absolute atomic E-state index is 0.107. The van der Waals surface area contributed by atoms with Gasteiger partial charge in [-0.3, -0.25) is 9.59 Å². The zero-order valence-electron chi connectivity index (χ0n) is 39.3. The number of carbonyl (C=O) groups excluding carboxylic acids is 4.